The molecule has 1 rings (SSSR count). The fraction of sp³-hybridized carbons (Fsp3) is 0.643. The van der Waals surface area contributed by atoms with Crippen molar-refractivity contribution in [3.05, 3.63) is 22.3 Å². The summed E-state index contributed by atoms with van der Waals surface area (Å²) in [5.41, 5.74) is 1.09. The predicted molar refractivity (Wildman–Crippen MR) is 82.6 cm³/mol. The zero-order valence-electron chi connectivity index (χ0n) is 12.2. The van der Waals surface area contributed by atoms with Gasteiger partial charge in [0.25, 0.3) is 0 Å². The Kier molecular flexibility index (Phi) is 7.34. The standard InChI is InChI=1S/C14H24BrN3O/c1-11(2)16-9-12-8-13(15)10-17-14(12)19-7-5-6-18(3)4/h8,10-11,16H,5-7,9H2,1-4H3. The lowest BCUT2D eigenvalue weighted by Gasteiger charge is -2.14. The quantitative estimate of drug-likeness (QED) is 0.744. The molecule has 0 radical (unpaired) electrons. The van der Waals surface area contributed by atoms with Crippen molar-refractivity contribution in [1.29, 1.82) is 0 Å². The summed E-state index contributed by atoms with van der Waals surface area (Å²) in [6.07, 6.45) is 2.78. The third kappa shape index (κ3) is 6.89. The van der Waals surface area contributed by atoms with Gasteiger partial charge in [-0.2, -0.15) is 0 Å². The number of nitrogens with one attached hydrogen (secondary N) is 1. The molecule has 108 valence electrons. The van der Waals surface area contributed by atoms with Crippen LogP contribution in [-0.2, 0) is 6.54 Å². The summed E-state index contributed by atoms with van der Waals surface area (Å²) in [5.74, 6) is 0.732. The van der Waals surface area contributed by atoms with E-state index in [9.17, 15) is 0 Å². The molecule has 0 aliphatic rings. The fourth-order valence-corrected chi connectivity index (χ4v) is 1.97. The number of halogens is 1. The highest BCUT2D eigenvalue weighted by Crippen LogP contribution is 2.20. The molecule has 0 fully saturated rings. The van der Waals surface area contributed by atoms with Crippen molar-refractivity contribution < 1.29 is 4.74 Å². The molecule has 0 saturated carbocycles. The third-order valence-corrected chi connectivity index (χ3v) is 3.01. The zero-order valence-corrected chi connectivity index (χ0v) is 13.8. The van der Waals surface area contributed by atoms with E-state index in [0.717, 1.165) is 35.4 Å². The monoisotopic (exact) mass is 329 g/mol. The van der Waals surface area contributed by atoms with Crippen LogP contribution < -0.4 is 10.1 Å². The van der Waals surface area contributed by atoms with Crippen LogP contribution in [0.1, 0.15) is 25.8 Å². The highest BCUT2D eigenvalue weighted by Gasteiger charge is 2.07. The number of nitrogens with zero attached hydrogens (tertiary/aromatic N) is 2. The summed E-state index contributed by atoms with van der Waals surface area (Å²) in [6, 6.07) is 2.50. The Bertz CT molecular complexity index is 383. The molecular formula is C14H24BrN3O. The van der Waals surface area contributed by atoms with Crippen molar-refractivity contribution in [1.82, 2.24) is 15.2 Å². The van der Waals surface area contributed by atoms with Gasteiger partial charge in [-0.25, -0.2) is 4.98 Å². The van der Waals surface area contributed by atoms with Gasteiger partial charge < -0.3 is 15.0 Å². The number of hydrogen-bond acceptors (Lipinski definition) is 4. The highest BCUT2D eigenvalue weighted by molar-refractivity contribution is 9.10. The smallest absolute Gasteiger partial charge is 0.217 e. The second-order valence-electron chi connectivity index (χ2n) is 5.16. The van der Waals surface area contributed by atoms with E-state index in [1.165, 1.54) is 0 Å². The van der Waals surface area contributed by atoms with Gasteiger partial charge in [0.05, 0.1) is 6.61 Å². The minimum absolute atomic E-state index is 0.445. The first-order chi connectivity index (χ1) is 8.99. The lowest BCUT2D eigenvalue weighted by atomic mass is 10.2. The summed E-state index contributed by atoms with van der Waals surface area (Å²) >= 11 is 3.45. The normalized spacial score (nSPS) is 11.3. The number of hydrogen-bond donors (Lipinski definition) is 1. The van der Waals surface area contributed by atoms with E-state index < -0.39 is 0 Å². The first-order valence-electron chi connectivity index (χ1n) is 6.64. The fourth-order valence-electron chi connectivity index (χ4n) is 1.59. The molecule has 1 aromatic rings. The number of pyridine rings is 1. The van der Waals surface area contributed by atoms with Gasteiger partial charge in [0, 0.05) is 35.4 Å². The van der Waals surface area contributed by atoms with Crippen molar-refractivity contribution in [2.24, 2.45) is 0 Å². The average molecular weight is 330 g/mol. The molecule has 5 heteroatoms. The minimum Gasteiger partial charge on any atom is -0.477 e. The van der Waals surface area contributed by atoms with Crippen molar-refractivity contribution in [2.45, 2.75) is 32.9 Å². The summed E-state index contributed by atoms with van der Waals surface area (Å²) in [7, 11) is 4.13. The summed E-state index contributed by atoms with van der Waals surface area (Å²) in [4.78, 5) is 6.50. The highest BCUT2D eigenvalue weighted by atomic mass is 79.9. The summed E-state index contributed by atoms with van der Waals surface area (Å²) in [5, 5.41) is 3.39. The molecule has 0 amide bonds. The molecule has 0 spiro atoms. The predicted octanol–water partition coefficient (Wildman–Crippen LogP) is 2.67. The maximum Gasteiger partial charge on any atom is 0.217 e. The van der Waals surface area contributed by atoms with Crippen molar-refractivity contribution in [3.8, 4) is 5.88 Å². The van der Waals surface area contributed by atoms with Crippen LogP contribution >= 0.6 is 15.9 Å². The van der Waals surface area contributed by atoms with Crippen LogP contribution in [0.3, 0.4) is 0 Å². The Morgan fingerprint density at radius 1 is 1.42 bits per heavy atom. The molecule has 0 aromatic carbocycles. The van der Waals surface area contributed by atoms with E-state index in [1.807, 2.05) is 0 Å². The number of rotatable bonds is 8. The molecule has 0 aliphatic heterocycles. The lowest BCUT2D eigenvalue weighted by Crippen LogP contribution is -2.22. The van der Waals surface area contributed by atoms with Crippen LogP contribution in [0.4, 0.5) is 0 Å². The van der Waals surface area contributed by atoms with E-state index in [-0.39, 0.29) is 0 Å². The van der Waals surface area contributed by atoms with Gasteiger partial charge in [-0.05, 0) is 42.5 Å². The van der Waals surface area contributed by atoms with Crippen LogP contribution in [0, 0.1) is 0 Å². The maximum absolute atomic E-state index is 5.78. The van der Waals surface area contributed by atoms with E-state index in [4.69, 9.17) is 4.74 Å². The van der Waals surface area contributed by atoms with E-state index in [0.29, 0.717) is 12.6 Å². The molecular weight excluding hydrogens is 306 g/mol. The van der Waals surface area contributed by atoms with Crippen LogP contribution in [0.15, 0.2) is 16.7 Å². The van der Waals surface area contributed by atoms with Crippen LogP contribution in [-0.4, -0.2) is 43.2 Å². The van der Waals surface area contributed by atoms with Crippen molar-refractivity contribution in [3.63, 3.8) is 0 Å². The second kappa shape index (κ2) is 8.51. The Balaban J connectivity index is 2.55. The van der Waals surface area contributed by atoms with Gasteiger partial charge in [-0.15, -0.1) is 0 Å². The molecule has 0 aliphatic carbocycles. The van der Waals surface area contributed by atoms with E-state index >= 15 is 0 Å². The molecule has 1 heterocycles. The van der Waals surface area contributed by atoms with Gasteiger partial charge in [0.15, 0.2) is 0 Å². The Labute approximate surface area is 124 Å². The average Bonchev–Trinajstić information content (AvgIpc) is 2.33. The number of aromatic nitrogens is 1. The topological polar surface area (TPSA) is 37.4 Å². The minimum atomic E-state index is 0.445. The SMILES string of the molecule is CC(C)NCc1cc(Br)cnc1OCCCN(C)C. The van der Waals surface area contributed by atoms with Gasteiger partial charge in [0.2, 0.25) is 5.88 Å². The Hall–Kier alpha value is -0.650. The number of ether oxygens (including phenoxy) is 1. The molecule has 0 saturated heterocycles. The van der Waals surface area contributed by atoms with E-state index in [1.54, 1.807) is 6.20 Å². The molecule has 0 atom stereocenters. The maximum atomic E-state index is 5.78. The Morgan fingerprint density at radius 2 is 2.16 bits per heavy atom. The molecule has 0 unspecified atom stereocenters. The lowest BCUT2D eigenvalue weighted by molar-refractivity contribution is 0.270. The van der Waals surface area contributed by atoms with Crippen LogP contribution in [0.25, 0.3) is 0 Å². The van der Waals surface area contributed by atoms with Gasteiger partial charge in [-0.1, -0.05) is 13.8 Å². The molecule has 4 nitrogen and oxygen atoms in total. The zero-order chi connectivity index (χ0) is 14.3. The van der Waals surface area contributed by atoms with Gasteiger partial charge in [-0.3, -0.25) is 0 Å². The molecule has 0 bridgehead atoms. The molecule has 1 N–H and O–H groups in total. The van der Waals surface area contributed by atoms with Crippen molar-refractivity contribution >= 4 is 15.9 Å². The largest absolute Gasteiger partial charge is 0.477 e. The van der Waals surface area contributed by atoms with Gasteiger partial charge >= 0.3 is 0 Å². The molecule has 19 heavy (non-hydrogen) atoms. The van der Waals surface area contributed by atoms with Crippen molar-refractivity contribution in [2.75, 3.05) is 27.2 Å². The van der Waals surface area contributed by atoms with Crippen LogP contribution in [0.2, 0.25) is 0 Å². The third-order valence-electron chi connectivity index (χ3n) is 2.58. The second-order valence-corrected chi connectivity index (χ2v) is 6.07. The molecule has 1 aromatic heterocycles. The summed E-state index contributed by atoms with van der Waals surface area (Å²) in [6.45, 7) is 6.75. The Morgan fingerprint density at radius 3 is 2.79 bits per heavy atom. The van der Waals surface area contributed by atoms with Crippen LogP contribution in [0.5, 0.6) is 5.88 Å². The first kappa shape index (κ1) is 16.4. The van der Waals surface area contributed by atoms with E-state index in [2.05, 4.69) is 65.1 Å². The first-order valence-corrected chi connectivity index (χ1v) is 7.43. The van der Waals surface area contributed by atoms with Gasteiger partial charge in [0.1, 0.15) is 0 Å². The summed E-state index contributed by atoms with van der Waals surface area (Å²) < 4.78 is 6.76.